The van der Waals surface area contributed by atoms with Crippen LogP contribution in [0, 0.1) is 11.6 Å². The van der Waals surface area contributed by atoms with Gasteiger partial charge in [0.05, 0.1) is 5.69 Å². The molecule has 0 saturated heterocycles. The molecular formula is C16H15F2N. The van der Waals surface area contributed by atoms with Crippen molar-refractivity contribution in [1.29, 1.82) is 0 Å². The first-order valence-electron chi connectivity index (χ1n) is 6.51. The summed E-state index contributed by atoms with van der Waals surface area (Å²) in [5.41, 5.74) is 2.91. The third kappa shape index (κ3) is 2.46. The molecule has 0 radical (unpaired) electrons. The molecule has 2 aromatic carbocycles. The Morgan fingerprint density at radius 1 is 0.947 bits per heavy atom. The molecule has 0 spiro atoms. The Morgan fingerprint density at radius 3 is 2.58 bits per heavy atom. The van der Waals surface area contributed by atoms with Gasteiger partial charge in [-0.1, -0.05) is 30.3 Å². The van der Waals surface area contributed by atoms with Gasteiger partial charge in [-0.05, 0) is 42.5 Å². The Hall–Kier alpha value is -1.90. The molecule has 1 atom stereocenters. The lowest BCUT2D eigenvalue weighted by Gasteiger charge is -2.26. The smallest absolute Gasteiger partial charge is 0.181 e. The fourth-order valence-corrected chi connectivity index (χ4v) is 2.66. The number of rotatable bonds is 2. The van der Waals surface area contributed by atoms with E-state index in [0.717, 1.165) is 25.3 Å². The first-order chi connectivity index (χ1) is 9.24. The van der Waals surface area contributed by atoms with E-state index in [1.54, 1.807) is 6.07 Å². The van der Waals surface area contributed by atoms with Crippen molar-refractivity contribution in [3.8, 4) is 0 Å². The average molecular weight is 259 g/mol. The third-order valence-corrected chi connectivity index (χ3v) is 3.66. The van der Waals surface area contributed by atoms with E-state index in [1.165, 1.54) is 17.2 Å². The summed E-state index contributed by atoms with van der Waals surface area (Å²) in [4.78, 5) is 0. The van der Waals surface area contributed by atoms with Crippen LogP contribution in [-0.4, -0.2) is 6.04 Å². The summed E-state index contributed by atoms with van der Waals surface area (Å²) >= 11 is 0. The third-order valence-electron chi connectivity index (χ3n) is 3.66. The minimum Gasteiger partial charge on any atom is -0.380 e. The van der Waals surface area contributed by atoms with Crippen molar-refractivity contribution in [2.45, 2.75) is 25.3 Å². The lowest BCUT2D eigenvalue weighted by Crippen LogP contribution is -2.27. The van der Waals surface area contributed by atoms with Gasteiger partial charge in [-0.2, -0.15) is 0 Å². The molecule has 2 aromatic rings. The minimum atomic E-state index is -0.804. The van der Waals surface area contributed by atoms with E-state index in [2.05, 4.69) is 17.4 Å². The summed E-state index contributed by atoms with van der Waals surface area (Å²) in [7, 11) is 0. The van der Waals surface area contributed by atoms with Crippen LogP contribution in [0.2, 0.25) is 0 Å². The second-order valence-electron chi connectivity index (χ2n) is 4.95. The molecular weight excluding hydrogens is 244 g/mol. The Kier molecular flexibility index (Phi) is 3.20. The van der Waals surface area contributed by atoms with Crippen molar-refractivity contribution in [2.24, 2.45) is 0 Å². The number of aryl methyl sites for hydroxylation is 1. The Labute approximate surface area is 111 Å². The summed E-state index contributed by atoms with van der Waals surface area (Å²) in [6.07, 6.45) is 2.77. The van der Waals surface area contributed by atoms with Crippen molar-refractivity contribution < 1.29 is 8.78 Å². The summed E-state index contributed by atoms with van der Waals surface area (Å²) < 4.78 is 26.8. The van der Waals surface area contributed by atoms with Gasteiger partial charge < -0.3 is 5.32 Å². The largest absolute Gasteiger partial charge is 0.380 e. The van der Waals surface area contributed by atoms with E-state index in [4.69, 9.17) is 0 Å². The van der Waals surface area contributed by atoms with Crippen LogP contribution in [0.1, 0.15) is 17.5 Å². The standard InChI is InChI=1S/C16H15F2N/c17-14-6-3-7-15(16(14)18)19-13-9-8-11-4-1-2-5-12(11)10-13/h1-7,13,19H,8-10H2. The topological polar surface area (TPSA) is 12.0 Å². The van der Waals surface area contributed by atoms with Gasteiger partial charge in [0.25, 0.3) is 0 Å². The van der Waals surface area contributed by atoms with Crippen LogP contribution in [0.3, 0.4) is 0 Å². The molecule has 0 bridgehead atoms. The van der Waals surface area contributed by atoms with Crippen molar-refractivity contribution in [3.63, 3.8) is 0 Å². The van der Waals surface area contributed by atoms with Crippen molar-refractivity contribution in [3.05, 3.63) is 65.2 Å². The average Bonchev–Trinajstić information content (AvgIpc) is 2.44. The van der Waals surface area contributed by atoms with Gasteiger partial charge in [-0.25, -0.2) is 8.78 Å². The SMILES string of the molecule is Fc1cccc(NC2CCc3ccccc3C2)c1F. The summed E-state index contributed by atoms with van der Waals surface area (Å²) in [6.45, 7) is 0. The van der Waals surface area contributed by atoms with E-state index in [-0.39, 0.29) is 11.7 Å². The molecule has 0 amide bonds. The highest BCUT2D eigenvalue weighted by atomic mass is 19.2. The van der Waals surface area contributed by atoms with Gasteiger partial charge >= 0.3 is 0 Å². The van der Waals surface area contributed by atoms with Crippen LogP contribution in [-0.2, 0) is 12.8 Å². The van der Waals surface area contributed by atoms with E-state index in [0.29, 0.717) is 0 Å². The van der Waals surface area contributed by atoms with Crippen LogP contribution in [0.5, 0.6) is 0 Å². The van der Waals surface area contributed by atoms with Crippen molar-refractivity contribution in [2.75, 3.05) is 5.32 Å². The molecule has 0 saturated carbocycles. The summed E-state index contributed by atoms with van der Waals surface area (Å²) in [6, 6.07) is 12.7. The van der Waals surface area contributed by atoms with Crippen LogP contribution < -0.4 is 5.32 Å². The Balaban J connectivity index is 1.77. The highest BCUT2D eigenvalue weighted by Gasteiger charge is 2.19. The number of nitrogens with one attached hydrogen (secondary N) is 1. The second kappa shape index (κ2) is 5.00. The molecule has 3 heteroatoms. The number of hydrogen-bond acceptors (Lipinski definition) is 1. The van der Waals surface area contributed by atoms with Gasteiger partial charge in [-0.15, -0.1) is 0 Å². The molecule has 0 fully saturated rings. The van der Waals surface area contributed by atoms with E-state index >= 15 is 0 Å². The summed E-state index contributed by atoms with van der Waals surface area (Å²) in [5.74, 6) is -1.59. The quantitative estimate of drug-likeness (QED) is 0.861. The maximum Gasteiger partial charge on any atom is 0.181 e. The lowest BCUT2D eigenvalue weighted by molar-refractivity contribution is 0.507. The zero-order valence-electron chi connectivity index (χ0n) is 10.5. The van der Waals surface area contributed by atoms with Gasteiger partial charge in [0.15, 0.2) is 11.6 Å². The van der Waals surface area contributed by atoms with Crippen LogP contribution in [0.4, 0.5) is 14.5 Å². The normalized spacial score (nSPS) is 17.9. The maximum atomic E-state index is 13.6. The van der Waals surface area contributed by atoms with Gasteiger partial charge in [0, 0.05) is 6.04 Å². The first-order valence-corrected chi connectivity index (χ1v) is 6.51. The number of hydrogen-bond donors (Lipinski definition) is 1. The van der Waals surface area contributed by atoms with Gasteiger partial charge in [0.2, 0.25) is 0 Å². The number of halogens is 2. The fourth-order valence-electron chi connectivity index (χ4n) is 2.66. The molecule has 3 rings (SSSR count). The molecule has 0 aromatic heterocycles. The highest BCUT2D eigenvalue weighted by molar-refractivity contribution is 5.47. The van der Waals surface area contributed by atoms with Crippen molar-refractivity contribution >= 4 is 5.69 Å². The first kappa shape index (κ1) is 12.2. The highest BCUT2D eigenvalue weighted by Crippen LogP contribution is 2.25. The predicted molar refractivity (Wildman–Crippen MR) is 72.2 cm³/mol. The maximum absolute atomic E-state index is 13.6. The van der Waals surface area contributed by atoms with Crippen molar-refractivity contribution in [1.82, 2.24) is 0 Å². The monoisotopic (exact) mass is 259 g/mol. The molecule has 1 nitrogen and oxygen atoms in total. The zero-order valence-corrected chi connectivity index (χ0v) is 10.5. The number of fused-ring (bicyclic) bond motifs is 1. The molecule has 19 heavy (non-hydrogen) atoms. The fraction of sp³-hybridized carbons (Fsp3) is 0.250. The number of benzene rings is 2. The Bertz CT molecular complexity index is 595. The Morgan fingerprint density at radius 2 is 1.74 bits per heavy atom. The minimum absolute atomic E-state index is 0.159. The van der Waals surface area contributed by atoms with Gasteiger partial charge in [-0.3, -0.25) is 0 Å². The van der Waals surface area contributed by atoms with E-state index < -0.39 is 11.6 Å². The predicted octanol–water partition coefficient (Wildman–Crippen LogP) is 3.93. The van der Waals surface area contributed by atoms with E-state index in [9.17, 15) is 8.78 Å². The molecule has 98 valence electrons. The van der Waals surface area contributed by atoms with Crippen LogP contribution >= 0.6 is 0 Å². The molecule has 0 heterocycles. The molecule has 1 aliphatic rings. The number of anilines is 1. The molecule has 1 N–H and O–H groups in total. The van der Waals surface area contributed by atoms with Gasteiger partial charge in [0.1, 0.15) is 0 Å². The lowest BCUT2D eigenvalue weighted by atomic mass is 9.88. The van der Waals surface area contributed by atoms with Crippen LogP contribution in [0.15, 0.2) is 42.5 Å². The zero-order chi connectivity index (χ0) is 13.2. The summed E-state index contributed by atoms with van der Waals surface area (Å²) in [5, 5.41) is 3.12. The molecule has 1 unspecified atom stereocenters. The second-order valence-corrected chi connectivity index (χ2v) is 4.95. The van der Waals surface area contributed by atoms with Crippen LogP contribution in [0.25, 0.3) is 0 Å². The van der Waals surface area contributed by atoms with E-state index in [1.807, 2.05) is 12.1 Å². The molecule has 1 aliphatic carbocycles. The molecule has 0 aliphatic heterocycles.